The Hall–Kier alpha value is -2.53. The van der Waals surface area contributed by atoms with Gasteiger partial charge in [-0.05, 0) is 43.1 Å². The van der Waals surface area contributed by atoms with Crippen LogP contribution in [0, 0.1) is 0 Å². The number of nitrogens with zero attached hydrogens (tertiary/aromatic N) is 1. The lowest BCUT2D eigenvalue weighted by atomic mass is 9.99. The zero-order valence-electron chi connectivity index (χ0n) is 14.6. The number of carbonyl (C=O) groups is 1. The van der Waals surface area contributed by atoms with Crippen molar-refractivity contribution in [2.24, 2.45) is 5.73 Å². The molecule has 2 atom stereocenters. The van der Waals surface area contributed by atoms with Crippen molar-refractivity contribution in [2.45, 2.75) is 24.9 Å². The first-order valence-corrected chi connectivity index (χ1v) is 8.47. The summed E-state index contributed by atoms with van der Waals surface area (Å²) in [5.41, 5.74) is 7.73. The summed E-state index contributed by atoms with van der Waals surface area (Å²) in [6.45, 7) is 0.813. The zero-order valence-corrected chi connectivity index (χ0v) is 14.6. The van der Waals surface area contributed by atoms with Gasteiger partial charge in [0.05, 0.1) is 14.2 Å². The third-order valence-corrected chi connectivity index (χ3v) is 4.81. The molecule has 0 spiro atoms. The Morgan fingerprint density at radius 1 is 1.16 bits per heavy atom. The van der Waals surface area contributed by atoms with E-state index in [9.17, 15) is 4.79 Å². The number of amides is 1. The second kappa shape index (κ2) is 7.57. The second-order valence-electron chi connectivity index (χ2n) is 6.22. The molecule has 1 amide bonds. The van der Waals surface area contributed by atoms with Crippen molar-refractivity contribution in [2.75, 3.05) is 20.8 Å². The largest absolute Gasteiger partial charge is 0.497 e. The van der Waals surface area contributed by atoms with Crippen LogP contribution in [0.15, 0.2) is 48.5 Å². The van der Waals surface area contributed by atoms with Crippen molar-refractivity contribution in [3.05, 3.63) is 59.7 Å². The maximum atomic E-state index is 12.3. The number of nitrogens with two attached hydrogens (primary N) is 1. The van der Waals surface area contributed by atoms with Gasteiger partial charge < -0.3 is 15.2 Å². The van der Waals surface area contributed by atoms with Crippen molar-refractivity contribution in [1.82, 2.24) is 4.90 Å². The lowest BCUT2D eigenvalue weighted by molar-refractivity contribution is -0.123. The van der Waals surface area contributed by atoms with Crippen molar-refractivity contribution < 1.29 is 14.3 Å². The van der Waals surface area contributed by atoms with Gasteiger partial charge in [-0.1, -0.05) is 30.3 Å². The van der Waals surface area contributed by atoms with E-state index in [1.807, 2.05) is 48.5 Å². The highest BCUT2D eigenvalue weighted by molar-refractivity contribution is 5.81. The van der Waals surface area contributed by atoms with Crippen LogP contribution in [0.2, 0.25) is 0 Å². The van der Waals surface area contributed by atoms with Gasteiger partial charge in [-0.25, -0.2) is 0 Å². The van der Waals surface area contributed by atoms with E-state index in [2.05, 4.69) is 4.90 Å². The number of rotatable bonds is 6. The lowest BCUT2D eigenvalue weighted by Crippen LogP contribution is -2.37. The predicted molar refractivity (Wildman–Crippen MR) is 96.6 cm³/mol. The van der Waals surface area contributed by atoms with E-state index < -0.39 is 6.04 Å². The minimum Gasteiger partial charge on any atom is -0.497 e. The van der Waals surface area contributed by atoms with Crippen LogP contribution in [0.25, 0.3) is 0 Å². The van der Waals surface area contributed by atoms with Crippen LogP contribution >= 0.6 is 0 Å². The van der Waals surface area contributed by atoms with Crippen LogP contribution in [0.4, 0.5) is 0 Å². The molecule has 1 fully saturated rings. The molecule has 0 saturated carbocycles. The normalized spacial score (nSPS) is 18.7. The zero-order chi connectivity index (χ0) is 17.8. The molecule has 2 unspecified atom stereocenters. The average Bonchev–Trinajstić information content (AvgIpc) is 3.11. The van der Waals surface area contributed by atoms with Gasteiger partial charge in [0.15, 0.2) is 0 Å². The predicted octanol–water partition coefficient (Wildman–Crippen LogP) is 3.07. The number of likely N-dealkylation sites (tertiary alicyclic amines) is 1. The van der Waals surface area contributed by atoms with Gasteiger partial charge in [-0.3, -0.25) is 9.69 Å². The summed E-state index contributed by atoms with van der Waals surface area (Å²) in [5.74, 6) is 1.24. The summed E-state index contributed by atoms with van der Waals surface area (Å²) in [6, 6.07) is 15.1. The number of benzene rings is 2. The Balaban J connectivity index is 2.01. The first kappa shape index (κ1) is 17.3. The number of primary amides is 1. The van der Waals surface area contributed by atoms with Gasteiger partial charge in [-0.15, -0.1) is 0 Å². The molecule has 1 aliphatic heterocycles. The molecule has 0 aliphatic carbocycles. The summed E-state index contributed by atoms with van der Waals surface area (Å²) in [4.78, 5) is 14.4. The molecule has 132 valence electrons. The monoisotopic (exact) mass is 340 g/mol. The molecular formula is C20H24N2O3. The Morgan fingerprint density at radius 2 is 1.92 bits per heavy atom. The summed E-state index contributed by atoms with van der Waals surface area (Å²) < 4.78 is 10.9. The number of methoxy groups -OCH3 is 2. The van der Waals surface area contributed by atoms with Crippen molar-refractivity contribution >= 4 is 5.91 Å². The Labute approximate surface area is 148 Å². The first-order valence-electron chi connectivity index (χ1n) is 8.47. The molecule has 1 heterocycles. The minimum absolute atomic E-state index is 0.0581. The number of carbonyl (C=O) groups excluding carboxylic acids is 1. The van der Waals surface area contributed by atoms with Gasteiger partial charge in [0, 0.05) is 11.6 Å². The summed E-state index contributed by atoms with van der Waals surface area (Å²) in [6.07, 6.45) is 1.95. The molecule has 25 heavy (non-hydrogen) atoms. The van der Waals surface area contributed by atoms with E-state index in [-0.39, 0.29) is 11.9 Å². The molecule has 2 N–H and O–H groups in total. The quantitative estimate of drug-likeness (QED) is 0.878. The van der Waals surface area contributed by atoms with Crippen LogP contribution in [0.5, 0.6) is 11.5 Å². The fourth-order valence-corrected chi connectivity index (χ4v) is 3.69. The summed E-state index contributed by atoms with van der Waals surface area (Å²) in [5, 5.41) is 0. The van der Waals surface area contributed by atoms with Crippen LogP contribution in [0.3, 0.4) is 0 Å². The topological polar surface area (TPSA) is 64.8 Å². The molecule has 5 heteroatoms. The third kappa shape index (κ3) is 3.46. The molecule has 2 aromatic carbocycles. The first-order chi connectivity index (χ1) is 12.2. The molecule has 2 aromatic rings. The molecule has 5 nitrogen and oxygen atoms in total. The fraction of sp³-hybridized carbons (Fsp3) is 0.350. The van der Waals surface area contributed by atoms with Gasteiger partial charge in [-0.2, -0.15) is 0 Å². The highest BCUT2D eigenvalue weighted by atomic mass is 16.5. The fourth-order valence-electron chi connectivity index (χ4n) is 3.69. The lowest BCUT2D eigenvalue weighted by Gasteiger charge is -2.32. The van der Waals surface area contributed by atoms with Crippen LogP contribution in [0.1, 0.15) is 36.1 Å². The van der Waals surface area contributed by atoms with E-state index in [4.69, 9.17) is 15.2 Å². The standard InChI is InChI=1S/C20H24N2O3/c1-24-15-10-11-18(25-2)16(13-15)17-9-6-12-22(17)19(20(21)23)14-7-4-3-5-8-14/h3-5,7-8,10-11,13,17,19H,6,9,12H2,1-2H3,(H2,21,23). The third-order valence-electron chi connectivity index (χ3n) is 4.81. The van der Waals surface area contributed by atoms with Crippen molar-refractivity contribution in [3.8, 4) is 11.5 Å². The van der Waals surface area contributed by atoms with Crippen LogP contribution in [-0.2, 0) is 4.79 Å². The number of ether oxygens (including phenoxy) is 2. The van der Waals surface area contributed by atoms with E-state index >= 15 is 0 Å². The van der Waals surface area contributed by atoms with Gasteiger partial charge in [0.25, 0.3) is 0 Å². The summed E-state index contributed by atoms with van der Waals surface area (Å²) >= 11 is 0. The maximum Gasteiger partial charge on any atom is 0.239 e. The highest BCUT2D eigenvalue weighted by Gasteiger charge is 2.37. The molecule has 0 radical (unpaired) electrons. The van der Waals surface area contributed by atoms with Gasteiger partial charge >= 0.3 is 0 Å². The molecule has 1 saturated heterocycles. The molecular weight excluding hydrogens is 316 g/mol. The maximum absolute atomic E-state index is 12.3. The smallest absolute Gasteiger partial charge is 0.239 e. The van der Waals surface area contributed by atoms with E-state index in [0.29, 0.717) is 0 Å². The molecule has 0 bridgehead atoms. The van der Waals surface area contributed by atoms with Crippen molar-refractivity contribution in [3.63, 3.8) is 0 Å². The SMILES string of the molecule is COc1ccc(OC)c(C2CCCN2C(C(N)=O)c2ccccc2)c1. The second-order valence-corrected chi connectivity index (χ2v) is 6.22. The number of hydrogen-bond acceptors (Lipinski definition) is 4. The van der Waals surface area contributed by atoms with Crippen molar-refractivity contribution in [1.29, 1.82) is 0 Å². The minimum atomic E-state index is -0.454. The molecule has 0 aromatic heterocycles. The van der Waals surface area contributed by atoms with Gasteiger partial charge in [0.1, 0.15) is 17.5 Å². The van der Waals surface area contributed by atoms with Gasteiger partial charge in [0.2, 0.25) is 5.91 Å². The van der Waals surface area contributed by atoms with Crippen LogP contribution in [-0.4, -0.2) is 31.6 Å². The van der Waals surface area contributed by atoms with E-state index in [1.54, 1.807) is 14.2 Å². The molecule has 1 aliphatic rings. The number of hydrogen-bond donors (Lipinski definition) is 1. The Kier molecular flexibility index (Phi) is 5.24. The van der Waals surface area contributed by atoms with E-state index in [0.717, 1.165) is 42.0 Å². The van der Waals surface area contributed by atoms with Crippen LogP contribution < -0.4 is 15.2 Å². The highest BCUT2D eigenvalue weighted by Crippen LogP contribution is 2.42. The Bertz CT molecular complexity index is 733. The Morgan fingerprint density at radius 3 is 2.56 bits per heavy atom. The van der Waals surface area contributed by atoms with E-state index in [1.165, 1.54) is 0 Å². The summed E-state index contributed by atoms with van der Waals surface area (Å²) in [7, 11) is 3.31. The molecule has 3 rings (SSSR count). The average molecular weight is 340 g/mol.